The number of ether oxygens (including phenoxy) is 2. The van der Waals surface area contributed by atoms with Crippen LogP contribution in [0.15, 0.2) is 47.4 Å². The zero-order valence-corrected chi connectivity index (χ0v) is 18.0. The van der Waals surface area contributed by atoms with Crippen LogP contribution in [-0.4, -0.2) is 47.1 Å². The first kappa shape index (κ1) is 23.6. The summed E-state index contributed by atoms with van der Waals surface area (Å²) in [6.45, 7) is 1.40. The van der Waals surface area contributed by atoms with Crippen molar-refractivity contribution in [1.29, 1.82) is 0 Å². The molecule has 0 fully saturated rings. The number of sulfonamides is 1. The molecule has 0 heterocycles. The molecule has 0 spiro atoms. The summed E-state index contributed by atoms with van der Waals surface area (Å²) in [5.41, 5.74) is 1.02. The molecule has 0 unspecified atom stereocenters. The monoisotopic (exact) mass is 455 g/mol. The van der Waals surface area contributed by atoms with E-state index < -0.39 is 15.9 Å². The predicted octanol–water partition coefficient (Wildman–Crippen LogP) is 2.24. The molecule has 0 bridgehead atoms. The molecule has 0 atom stereocenters. The highest BCUT2D eigenvalue weighted by Gasteiger charge is 2.16. The maximum Gasteiger partial charge on any atom is 0.262 e. The van der Waals surface area contributed by atoms with Crippen LogP contribution >= 0.6 is 11.6 Å². The molecule has 0 aliphatic rings. The number of carbonyl (C=O) groups is 2. The van der Waals surface area contributed by atoms with Gasteiger partial charge < -0.3 is 20.1 Å². The maximum absolute atomic E-state index is 12.2. The molecular formula is C19H22ClN3O6S. The molecule has 3 N–H and O–H groups in total. The molecule has 0 radical (unpaired) electrons. The van der Waals surface area contributed by atoms with Gasteiger partial charge in [0.05, 0.1) is 16.5 Å². The van der Waals surface area contributed by atoms with Gasteiger partial charge in [0, 0.05) is 32.0 Å². The smallest absolute Gasteiger partial charge is 0.262 e. The molecule has 0 saturated heterocycles. The molecule has 2 aromatic rings. The van der Waals surface area contributed by atoms with Crippen molar-refractivity contribution in [3.05, 3.63) is 47.5 Å². The van der Waals surface area contributed by atoms with Gasteiger partial charge in [-0.2, -0.15) is 0 Å². The van der Waals surface area contributed by atoms with E-state index in [9.17, 15) is 18.0 Å². The van der Waals surface area contributed by atoms with Crippen LogP contribution < -0.4 is 20.1 Å². The van der Waals surface area contributed by atoms with Gasteiger partial charge in [0.15, 0.2) is 6.61 Å². The Balaban J connectivity index is 1.96. The minimum atomic E-state index is -3.74. The normalized spacial score (nSPS) is 11.0. The van der Waals surface area contributed by atoms with E-state index in [1.165, 1.54) is 32.2 Å². The number of hydrogen-bond acceptors (Lipinski definition) is 6. The van der Waals surface area contributed by atoms with Gasteiger partial charge in [0.2, 0.25) is 15.9 Å². The van der Waals surface area contributed by atoms with Crippen LogP contribution in [-0.2, 0) is 24.3 Å². The highest BCUT2D eigenvalue weighted by Crippen LogP contribution is 2.27. The lowest BCUT2D eigenvalue weighted by Gasteiger charge is -2.11. The zero-order valence-electron chi connectivity index (χ0n) is 16.4. The summed E-state index contributed by atoms with van der Waals surface area (Å²) in [5.74, 6) is -0.519. The Bertz CT molecular complexity index is 1010. The average Bonchev–Trinajstić information content (AvgIpc) is 2.67. The Labute approximate surface area is 179 Å². The standard InChI is InChI=1S/C19H22ClN3O6S/c1-13(24)22-14-4-3-5-15(10-14)23-19(25)12-29-18-7-6-16(11-17(18)20)30(26,27)21-8-9-28-2/h3-7,10-11,21H,8-9,12H2,1-2H3,(H,22,24)(H,23,25). The Kier molecular flexibility index (Phi) is 8.60. The average molecular weight is 456 g/mol. The molecule has 2 rings (SSSR count). The van der Waals surface area contributed by atoms with Gasteiger partial charge in [-0.25, -0.2) is 13.1 Å². The van der Waals surface area contributed by atoms with Crippen LogP contribution in [0.5, 0.6) is 5.75 Å². The summed E-state index contributed by atoms with van der Waals surface area (Å²) in [4.78, 5) is 23.2. The molecule has 0 aliphatic heterocycles. The number of hydrogen-bond donors (Lipinski definition) is 3. The Morgan fingerprint density at radius 1 is 1.07 bits per heavy atom. The number of amides is 2. The fourth-order valence-electron chi connectivity index (χ4n) is 2.35. The third-order valence-corrected chi connectivity index (χ3v) is 5.39. The zero-order chi connectivity index (χ0) is 22.1. The number of anilines is 2. The van der Waals surface area contributed by atoms with Crippen LogP contribution in [0.2, 0.25) is 5.02 Å². The third-order valence-electron chi connectivity index (χ3n) is 3.64. The van der Waals surface area contributed by atoms with Crippen molar-refractivity contribution in [3.63, 3.8) is 0 Å². The highest BCUT2D eigenvalue weighted by molar-refractivity contribution is 7.89. The second-order valence-electron chi connectivity index (χ2n) is 6.08. The van der Waals surface area contributed by atoms with E-state index in [4.69, 9.17) is 21.1 Å². The van der Waals surface area contributed by atoms with Gasteiger partial charge in [-0.3, -0.25) is 9.59 Å². The van der Waals surface area contributed by atoms with Gasteiger partial charge >= 0.3 is 0 Å². The SMILES string of the molecule is COCCNS(=O)(=O)c1ccc(OCC(=O)Nc2cccc(NC(C)=O)c2)c(Cl)c1. The summed E-state index contributed by atoms with van der Waals surface area (Å²) in [7, 11) is -2.27. The van der Waals surface area contributed by atoms with E-state index in [0.29, 0.717) is 11.4 Å². The fraction of sp³-hybridized carbons (Fsp3) is 0.263. The number of methoxy groups -OCH3 is 1. The van der Waals surface area contributed by atoms with Crippen molar-refractivity contribution in [1.82, 2.24) is 4.72 Å². The molecule has 0 saturated carbocycles. The topological polar surface area (TPSA) is 123 Å². The van der Waals surface area contributed by atoms with Crippen LogP contribution in [0.4, 0.5) is 11.4 Å². The first-order valence-corrected chi connectivity index (χ1v) is 10.7. The summed E-state index contributed by atoms with van der Waals surface area (Å²) >= 11 is 6.10. The van der Waals surface area contributed by atoms with Crippen molar-refractivity contribution >= 4 is 44.8 Å². The number of nitrogens with one attached hydrogen (secondary N) is 3. The second kappa shape index (κ2) is 10.9. The summed E-state index contributed by atoms with van der Waals surface area (Å²) in [6, 6.07) is 10.6. The van der Waals surface area contributed by atoms with Crippen LogP contribution in [0.3, 0.4) is 0 Å². The van der Waals surface area contributed by atoms with Crippen LogP contribution in [0.25, 0.3) is 0 Å². The minimum absolute atomic E-state index is 0.0322. The van der Waals surface area contributed by atoms with E-state index in [2.05, 4.69) is 15.4 Å². The predicted molar refractivity (Wildman–Crippen MR) is 113 cm³/mol. The van der Waals surface area contributed by atoms with E-state index in [0.717, 1.165) is 0 Å². The lowest BCUT2D eigenvalue weighted by molar-refractivity contribution is -0.118. The van der Waals surface area contributed by atoms with Crippen LogP contribution in [0, 0.1) is 0 Å². The fourth-order valence-corrected chi connectivity index (χ4v) is 3.68. The van der Waals surface area contributed by atoms with E-state index in [1.54, 1.807) is 24.3 Å². The summed E-state index contributed by atoms with van der Waals surface area (Å²) in [5, 5.41) is 5.30. The third kappa shape index (κ3) is 7.30. The van der Waals surface area contributed by atoms with E-state index >= 15 is 0 Å². The molecule has 9 nitrogen and oxygen atoms in total. The van der Waals surface area contributed by atoms with Crippen LogP contribution in [0.1, 0.15) is 6.92 Å². The van der Waals surface area contributed by atoms with Gasteiger partial charge in [0.25, 0.3) is 5.91 Å². The maximum atomic E-state index is 12.2. The number of halogens is 1. The lowest BCUT2D eigenvalue weighted by atomic mass is 10.2. The number of rotatable bonds is 10. The molecule has 2 aromatic carbocycles. The van der Waals surface area contributed by atoms with E-state index in [1.807, 2.05) is 0 Å². The van der Waals surface area contributed by atoms with Gasteiger partial charge in [-0.15, -0.1) is 0 Å². The van der Waals surface area contributed by atoms with Crippen molar-refractivity contribution in [2.75, 3.05) is 37.5 Å². The van der Waals surface area contributed by atoms with Gasteiger partial charge in [-0.05, 0) is 36.4 Å². The van der Waals surface area contributed by atoms with E-state index in [-0.39, 0.29) is 41.3 Å². The second-order valence-corrected chi connectivity index (χ2v) is 8.26. The van der Waals surface area contributed by atoms with Gasteiger partial charge in [-0.1, -0.05) is 17.7 Å². The lowest BCUT2D eigenvalue weighted by Crippen LogP contribution is -2.27. The number of benzene rings is 2. The molecule has 0 aliphatic carbocycles. The largest absolute Gasteiger partial charge is 0.482 e. The van der Waals surface area contributed by atoms with Crippen molar-refractivity contribution in [2.45, 2.75) is 11.8 Å². The first-order chi connectivity index (χ1) is 14.2. The molecule has 30 heavy (non-hydrogen) atoms. The van der Waals surface area contributed by atoms with Crippen molar-refractivity contribution in [3.8, 4) is 5.75 Å². The summed E-state index contributed by atoms with van der Waals surface area (Å²) in [6.07, 6.45) is 0. The van der Waals surface area contributed by atoms with Crippen molar-refractivity contribution in [2.24, 2.45) is 0 Å². The minimum Gasteiger partial charge on any atom is -0.482 e. The molecule has 162 valence electrons. The Morgan fingerprint density at radius 3 is 2.40 bits per heavy atom. The quantitative estimate of drug-likeness (QED) is 0.472. The molecule has 11 heteroatoms. The molecule has 2 amide bonds. The first-order valence-electron chi connectivity index (χ1n) is 8.80. The highest BCUT2D eigenvalue weighted by atomic mass is 35.5. The Morgan fingerprint density at radius 2 is 1.77 bits per heavy atom. The van der Waals surface area contributed by atoms with Gasteiger partial charge in [0.1, 0.15) is 5.75 Å². The molecule has 0 aromatic heterocycles. The Hall–Kier alpha value is -2.66. The number of carbonyl (C=O) groups excluding carboxylic acids is 2. The van der Waals surface area contributed by atoms with Crippen molar-refractivity contribution < 1.29 is 27.5 Å². The summed E-state index contributed by atoms with van der Waals surface area (Å²) < 4.78 is 36.9. The molecular weight excluding hydrogens is 434 g/mol.